The maximum absolute atomic E-state index is 11.5. The van der Waals surface area contributed by atoms with Gasteiger partial charge in [0.15, 0.2) is 0 Å². The second-order valence-electron chi connectivity index (χ2n) is 4.07. The molecule has 6 heteroatoms. The molecule has 0 bridgehead atoms. The lowest BCUT2D eigenvalue weighted by molar-refractivity contribution is -0.121. The quantitative estimate of drug-likeness (QED) is 0.267. The standard InChI is InChI=1S/C10H20N4O2/c1-2-14-5-3-4-8(7-14)12-10(15)6-9(11)13-16/h8,16H,2-7H2,1H3,(H2,11,13)(H,12,15). The SMILES string of the molecule is CCN1CCCC(NC(=O)C/C(N)=N/O)C1. The van der Waals surface area contributed by atoms with Crippen LogP contribution in [0.25, 0.3) is 0 Å². The van der Waals surface area contributed by atoms with E-state index < -0.39 is 0 Å². The molecule has 0 saturated carbocycles. The van der Waals surface area contributed by atoms with Crippen molar-refractivity contribution in [3.63, 3.8) is 0 Å². The lowest BCUT2D eigenvalue weighted by atomic mass is 10.1. The molecule has 1 atom stereocenters. The molecule has 1 unspecified atom stereocenters. The van der Waals surface area contributed by atoms with Gasteiger partial charge >= 0.3 is 0 Å². The molecule has 6 nitrogen and oxygen atoms in total. The van der Waals surface area contributed by atoms with E-state index in [0.717, 1.165) is 32.5 Å². The van der Waals surface area contributed by atoms with Crippen LogP contribution < -0.4 is 11.1 Å². The topological polar surface area (TPSA) is 91.0 Å². The minimum absolute atomic E-state index is 0.0425. The Bertz CT molecular complexity index is 268. The zero-order valence-electron chi connectivity index (χ0n) is 9.65. The van der Waals surface area contributed by atoms with Gasteiger partial charge in [-0.05, 0) is 25.9 Å². The van der Waals surface area contributed by atoms with Crippen molar-refractivity contribution in [1.82, 2.24) is 10.2 Å². The van der Waals surface area contributed by atoms with Crippen LogP contribution in [-0.2, 0) is 4.79 Å². The molecule has 1 aliphatic heterocycles. The first kappa shape index (κ1) is 12.8. The summed E-state index contributed by atoms with van der Waals surface area (Å²) in [7, 11) is 0. The van der Waals surface area contributed by atoms with E-state index in [4.69, 9.17) is 10.9 Å². The Morgan fingerprint density at radius 1 is 1.69 bits per heavy atom. The van der Waals surface area contributed by atoms with Crippen LogP contribution in [0.4, 0.5) is 0 Å². The molecule has 4 N–H and O–H groups in total. The molecule has 0 aromatic heterocycles. The molecular weight excluding hydrogens is 208 g/mol. The van der Waals surface area contributed by atoms with Crippen molar-refractivity contribution >= 4 is 11.7 Å². The van der Waals surface area contributed by atoms with Crippen molar-refractivity contribution in [3.8, 4) is 0 Å². The van der Waals surface area contributed by atoms with Crippen molar-refractivity contribution in [2.45, 2.75) is 32.2 Å². The molecule has 92 valence electrons. The monoisotopic (exact) mass is 228 g/mol. The first-order valence-corrected chi connectivity index (χ1v) is 5.63. The van der Waals surface area contributed by atoms with E-state index in [-0.39, 0.29) is 24.2 Å². The normalized spacial score (nSPS) is 23.1. The van der Waals surface area contributed by atoms with Crippen LogP contribution in [0, 0.1) is 0 Å². The molecule has 1 fully saturated rings. The average Bonchev–Trinajstić information content (AvgIpc) is 2.28. The minimum Gasteiger partial charge on any atom is -0.409 e. The highest BCUT2D eigenvalue weighted by Crippen LogP contribution is 2.09. The second kappa shape index (κ2) is 6.32. The Morgan fingerprint density at radius 2 is 2.44 bits per heavy atom. The van der Waals surface area contributed by atoms with Crippen molar-refractivity contribution < 1.29 is 10.0 Å². The first-order valence-electron chi connectivity index (χ1n) is 5.63. The van der Waals surface area contributed by atoms with E-state index in [2.05, 4.69) is 22.3 Å². The molecule has 0 aliphatic carbocycles. The van der Waals surface area contributed by atoms with Crippen molar-refractivity contribution in [3.05, 3.63) is 0 Å². The molecule has 1 aliphatic rings. The van der Waals surface area contributed by atoms with Gasteiger partial charge in [0, 0.05) is 12.6 Å². The number of carbonyl (C=O) groups is 1. The van der Waals surface area contributed by atoms with Crippen LogP contribution in [0.2, 0.25) is 0 Å². The number of rotatable bonds is 4. The predicted octanol–water partition coefficient (Wildman–Crippen LogP) is -0.277. The molecule has 0 radical (unpaired) electrons. The molecule has 16 heavy (non-hydrogen) atoms. The molecule has 0 spiro atoms. The number of nitrogens with zero attached hydrogens (tertiary/aromatic N) is 2. The predicted molar refractivity (Wildman–Crippen MR) is 61.3 cm³/mol. The largest absolute Gasteiger partial charge is 0.409 e. The number of hydrogen-bond donors (Lipinski definition) is 3. The summed E-state index contributed by atoms with van der Waals surface area (Å²) in [6.07, 6.45) is 2.06. The van der Waals surface area contributed by atoms with Gasteiger partial charge in [-0.25, -0.2) is 0 Å². The van der Waals surface area contributed by atoms with Gasteiger partial charge in [-0.1, -0.05) is 12.1 Å². The Kier molecular flexibility index (Phi) is 5.04. The fourth-order valence-electron chi connectivity index (χ4n) is 1.94. The van der Waals surface area contributed by atoms with Gasteiger partial charge in [0.05, 0.1) is 6.42 Å². The van der Waals surface area contributed by atoms with Crippen molar-refractivity contribution in [2.75, 3.05) is 19.6 Å². The van der Waals surface area contributed by atoms with Crippen LogP contribution in [0.3, 0.4) is 0 Å². The van der Waals surface area contributed by atoms with Crippen LogP contribution in [0.1, 0.15) is 26.2 Å². The minimum atomic E-state index is -0.182. The fraction of sp³-hybridized carbons (Fsp3) is 0.800. The maximum atomic E-state index is 11.5. The maximum Gasteiger partial charge on any atom is 0.227 e. The van der Waals surface area contributed by atoms with E-state index in [1.165, 1.54) is 0 Å². The van der Waals surface area contributed by atoms with E-state index in [1.807, 2.05) is 0 Å². The summed E-state index contributed by atoms with van der Waals surface area (Å²) < 4.78 is 0. The van der Waals surface area contributed by atoms with Gasteiger partial charge in [0.2, 0.25) is 5.91 Å². The third-order valence-corrected chi connectivity index (χ3v) is 2.79. The van der Waals surface area contributed by atoms with Crippen LogP contribution in [0.15, 0.2) is 5.16 Å². The highest BCUT2D eigenvalue weighted by atomic mass is 16.4. The summed E-state index contributed by atoms with van der Waals surface area (Å²) in [4.78, 5) is 13.8. The number of nitrogens with one attached hydrogen (secondary N) is 1. The Morgan fingerprint density at radius 3 is 3.06 bits per heavy atom. The zero-order valence-corrected chi connectivity index (χ0v) is 9.65. The summed E-state index contributed by atoms with van der Waals surface area (Å²) in [5, 5.41) is 14.0. The summed E-state index contributed by atoms with van der Waals surface area (Å²) in [6.45, 7) is 5.11. The molecule has 0 aromatic carbocycles. The number of nitrogens with two attached hydrogens (primary N) is 1. The van der Waals surface area contributed by atoms with Crippen LogP contribution >= 0.6 is 0 Å². The lowest BCUT2D eigenvalue weighted by Gasteiger charge is -2.32. The summed E-state index contributed by atoms with van der Waals surface area (Å²) in [5.74, 6) is -0.237. The van der Waals surface area contributed by atoms with Crippen LogP contribution in [0.5, 0.6) is 0 Å². The van der Waals surface area contributed by atoms with Crippen LogP contribution in [-0.4, -0.2) is 47.5 Å². The van der Waals surface area contributed by atoms with Gasteiger partial charge in [-0.15, -0.1) is 0 Å². The van der Waals surface area contributed by atoms with Gasteiger partial charge in [0.25, 0.3) is 0 Å². The highest BCUT2D eigenvalue weighted by Gasteiger charge is 2.20. The van der Waals surface area contributed by atoms with Crippen molar-refractivity contribution in [2.24, 2.45) is 10.9 Å². The van der Waals surface area contributed by atoms with E-state index in [0.29, 0.717) is 0 Å². The third kappa shape index (κ3) is 4.06. The second-order valence-corrected chi connectivity index (χ2v) is 4.07. The molecule has 1 amide bonds. The highest BCUT2D eigenvalue weighted by molar-refractivity contribution is 5.98. The smallest absolute Gasteiger partial charge is 0.227 e. The number of piperidine rings is 1. The number of oxime groups is 1. The van der Waals surface area contributed by atoms with E-state index in [9.17, 15) is 4.79 Å². The molecule has 1 rings (SSSR count). The molecule has 0 aromatic rings. The van der Waals surface area contributed by atoms with Gasteiger partial charge in [0.1, 0.15) is 5.84 Å². The Balaban J connectivity index is 2.33. The van der Waals surface area contributed by atoms with E-state index in [1.54, 1.807) is 0 Å². The third-order valence-electron chi connectivity index (χ3n) is 2.79. The van der Waals surface area contributed by atoms with Gasteiger partial charge < -0.3 is 21.2 Å². The summed E-state index contributed by atoms with van der Waals surface area (Å²) in [6, 6.07) is 0.188. The number of carbonyl (C=O) groups excluding carboxylic acids is 1. The Labute approximate surface area is 95.5 Å². The number of likely N-dealkylation sites (tertiary alicyclic amines) is 1. The Hall–Kier alpha value is -1.30. The van der Waals surface area contributed by atoms with Gasteiger partial charge in [-0.2, -0.15) is 0 Å². The molecular formula is C10H20N4O2. The number of hydrogen-bond acceptors (Lipinski definition) is 4. The summed E-state index contributed by atoms with van der Waals surface area (Å²) in [5.41, 5.74) is 5.26. The molecule has 1 saturated heterocycles. The number of likely N-dealkylation sites (N-methyl/N-ethyl adjacent to an activating group) is 1. The molecule has 1 heterocycles. The van der Waals surface area contributed by atoms with Gasteiger partial charge in [-0.3, -0.25) is 4.79 Å². The zero-order chi connectivity index (χ0) is 12.0. The first-order chi connectivity index (χ1) is 7.65. The van der Waals surface area contributed by atoms with Crippen molar-refractivity contribution in [1.29, 1.82) is 0 Å². The number of amides is 1. The number of amidine groups is 1. The fourth-order valence-corrected chi connectivity index (χ4v) is 1.94. The lowest BCUT2D eigenvalue weighted by Crippen LogP contribution is -2.48. The summed E-state index contributed by atoms with van der Waals surface area (Å²) >= 11 is 0. The van der Waals surface area contributed by atoms with E-state index >= 15 is 0 Å². The average molecular weight is 228 g/mol.